The maximum absolute atomic E-state index is 12.7. The Morgan fingerprint density at radius 2 is 1.84 bits per heavy atom. The predicted molar refractivity (Wildman–Crippen MR) is 111 cm³/mol. The maximum Gasteiger partial charge on any atom is 0.306 e. The molecule has 0 saturated carbocycles. The Kier molecular flexibility index (Phi) is 6.53. The third kappa shape index (κ3) is 5.23. The van der Waals surface area contributed by atoms with Crippen LogP contribution in [0.3, 0.4) is 0 Å². The van der Waals surface area contributed by atoms with Gasteiger partial charge in [0, 0.05) is 25.6 Å². The van der Waals surface area contributed by atoms with Crippen LogP contribution in [0.25, 0.3) is 11.5 Å². The molecule has 9 heteroatoms. The lowest BCUT2D eigenvalue weighted by Crippen LogP contribution is -2.35. The van der Waals surface area contributed by atoms with E-state index in [-0.39, 0.29) is 19.0 Å². The fourth-order valence-corrected chi connectivity index (χ4v) is 4.99. The minimum Gasteiger partial charge on any atom is -0.461 e. The molecule has 164 valence electrons. The van der Waals surface area contributed by atoms with E-state index in [0.717, 1.165) is 24.8 Å². The molecule has 1 fully saturated rings. The Morgan fingerprint density at radius 3 is 2.55 bits per heavy atom. The van der Waals surface area contributed by atoms with Crippen LogP contribution in [0.5, 0.6) is 0 Å². The average Bonchev–Trinajstić information content (AvgIpc) is 3.49. The maximum atomic E-state index is 12.7. The van der Waals surface area contributed by atoms with Crippen molar-refractivity contribution in [2.75, 3.05) is 13.1 Å². The Balaban J connectivity index is 1.26. The standard InChI is InChI=1S/C22H24N2O6S/c25-22(29-16-18-15-21(30-23-18)20-5-4-14-28-20)11-8-17-6-9-19(10-7-17)31(26,27)24-12-2-1-3-13-24/h4-7,9-10,14-15H,1-3,8,11-13,16H2. The topological polar surface area (TPSA) is 103 Å². The number of hydrogen-bond donors (Lipinski definition) is 0. The monoisotopic (exact) mass is 444 g/mol. The molecule has 0 unspecified atom stereocenters. The van der Waals surface area contributed by atoms with Gasteiger partial charge in [0.15, 0.2) is 5.76 Å². The Bertz CT molecular complexity index is 1100. The van der Waals surface area contributed by atoms with Gasteiger partial charge < -0.3 is 13.7 Å². The number of nitrogens with zero attached hydrogens (tertiary/aromatic N) is 2. The highest BCUT2D eigenvalue weighted by molar-refractivity contribution is 7.89. The number of carbonyl (C=O) groups excluding carboxylic acids is 1. The second kappa shape index (κ2) is 9.49. The number of benzene rings is 1. The molecule has 0 aliphatic carbocycles. The van der Waals surface area contributed by atoms with Crippen LogP contribution in [0, 0.1) is 0 Å². The smallest absolute Gasteiger partial charge is 0.306 e. The SMILES string of the molecule is O=C(CCc1ccc(S(=O)(=O)N2CCCCC2)cc1)OCc1cc(-c2ccco2)on1. The van der Waals surface area contributed by atoms with Crippen molar-refractivity contribution in [3.8, 4) is 11.5 Å². The van der Waals surface area contributed by atoms with E-state index in [1.807, 2.05) is 0 Å². The highest BCUT2D eigenvalue weighted by Crippen LogP contribution is 2.22. The van der Waals surface area contributed by atoms with Crippen LogP contribution in [0.2, 0.25) is 0 Å². The number of aryl methyl sites for hydroxylation is 1. The molecule has 1 aromatic carbocycles. The number of carbonyl (C=O) groups is 1. The van der Waals surface area contributed by atoms with E-state index in [9.17, 15) is 13.2 Å². The zero-order valence-electron chi connectivity index (χ0n) is 17.0. The van der Waals surface area contributed by atoms with Gasteiger partial charge in [-0.15, -0.1) is 0 Å². The molecule has 3 heterocycles. The Labute approximate surface area is 180 Å². The van der Waals surface area contributed by atoms with Gasteiger partial charge >= 0.3 is 5.97 Å². The molecule has 4 rings (SSSR count). The first-order valence-corrected chi connectivity index (χ1v) is 11.7. The number of aromatic nitrogens is 1. The number of ether oxygens (including phenoxy) is 1. The second-order valence-electron chi connectivity index (χ2n) is 7.43. The largest absolute Gasteiger partial charge is 0.461 e. The number of furan rings is 1. The van der Waals surface area contributed by atoms with Gasteiger partial charge in [-0.2, -0.15) is 4.31 Å². The summed E-state index contributed by atoms with van der Waals surface area (Å²) in [5, 5.41) is 3.86. The van der Waals surface area contributed by atoms with Crippen LogP contribution in [-0.2, 0) is 32.6 Å². The van der Waals surface area contributed by atoms with E-state index >= 15 is 0 Å². The van der Waals surface area contributed by atoms with Gasteiger partial charge in [0.1, 0.15) is 12.3 Å². The van der Waals surface area contributed by atoms with Crippen molar-refractivity contribution in [3.63, 3.8) is 0 Å². The second-order valence-corrected chi connectivity index (χ2v) is 9.37. The molecule has 31 heavy (non-hydrogen) atoms. The normalized spacial score (nSPS) is 15.1. The fourth-order valence-electron chi connectivity index (χ4n) is 3.47. The number of rotatable bonds is 8. The van der Waals surface area contributed by atoms with Crippen molar-refractivity contribution in [1.29, 1.82) is 0 Å². The first-order valence-electron chi connectivity index (χ1n) is 10.3. The van der Waals surface area contributed by atoms with Gasteiger partial charge in [-0.1, -0.05) is 23.7 Å². The van der Waals surface area contributed by atoms with Gasteiger partial charge in [-0.05, 0) is 49.1 Å². The summed E-state index contributed by atoms with van der Waals surface area (Å²) in [6.45, 7) is 1.16. The first-order chi connectivity index (χ1) is 15.0. The van der Waals surface area contributed by atoms with Crippen molar-refractivity contribution < 1.29 is 26.9 Å². The van der Waals surface area contributed by atoms with E-state index in [1.54, 1.807) is 46.8 Å². The van der Waals surface area contributed by atoms with Crippen LogP contribution in [0.15, 0.2) is 62.6 Å². The molecule has 0 spiro atoms. The molecule has 0 bridgehead atoms. The van der Waals surface area contributed by atoms with E-state index in [2.05, 4.69) is 5.16 Å². The van der Waals surface area contributed by atoms with Crippen LogP contribution >= 0.6 is 0 Å². The van der Waals surface area contributed by atoms with Crippen LogP contribution in [0.1, 0.15) is 36.9 Å². The lowest BCUT2D eigenvalue weighted by Gasteiger charge is -2.25. The molecule has 1 saturated heterocycles. The molecule has 0 radical (unpaired) electrons. The number of piperidine rings is 1. The van der Waals surface area contributed by atoms with E-state index < -0.39 is 10.0 Å². The van der Waals surface area contributed by atoms with Gasteiger partial charge in [-0.3, -0.25) is 4.79 Å². The number of esters is 1. The van der Waals surface area contributed by atoms with Gasteiger partial charge in [-0.25, -0.2) is 8.42 Å². The summed E-state index contributed by atoms with van der Waals surface area (Å²) in [6, 6.07) is 11.9. The summed E-state index contributed by atoms with van der Waals surface area (Å²) in [5.41, 5.74) is 1.36. The van der Waals surface area contributed by atoms with Gasteiger partial charge in [0.2, 0.25) is 15.8 Å². The molecule has 3 aromatic rings. The van der Waals surface area contributed by atoms with Crippen LogP contribution in [0.4, 0.5) is 0 Å². The molecule has 1 aliphatic rings. The molecule has 0 N–H and O–H groups in total. The molecular weight excluding hydrogens is 420 g/mol. The summed E-state index contributed by atoms with van der Waals surface area (Å²) >= 11 is 0. The molecule has 8 nitrogen and oxygen atoms in total. The summed E-state index contributed by atoms with van der Waals surface area (Å²) in [7, 11) is -3.44. The third-order valence-electron chi connectivity index (χ3n) is 5.20. The van der Waals surface area contributed by atoms with Crippen molar-refractivity contribution in [2.24, 2.45) is 0 Å². The van der Waals surface area contributed by atoms with Crippen molar-refractivity contribution in [1.82, 2.24) is 9.46 Å². The lowest BCUT2D eigenvalue weighted by atomic mass is 10.1. The highest BCUT2D eigenvalue weighted by atomic mass is 32.2. The fraction of sp³-hybridized carbons (Fsp3) is 0.364. The first kappa shape index (κ1) is 21.3. The van der Waals surface area contributed by atoms with Gasteiger partial charge in [0.05, 0.1) is 11.2 Å². The van der Waals surface area contributed by atoms with E-state index in [1.165, 1.54) is 6.26 Å². The minimum absolute atomic E-state index is 0.00998. The summed E-state index contributed by atoms with van der Waals surface area (Å²) < 4.78 is 42.6. The average molecular weight is 445 g/mol. The zero-order chi connectivity index (χ0) is 21.7. The number of sulfonamides is 1. The van der Waals surface area contributed by atoms with Gasteiger partial charge in [0.25, 0.3) is 0 Å². The van der Waals surface area contributed by atoms with E-state index in [0.29, 0.717) is 41.6 Å². The molecular formula is C22H24N2O6S. The highest BCUT2D eigenvalue weighted by Gasteiger charge is 2.25. The van der Waals surface area contributed by atoms with Crippen LogP contribution < -0.4 is 0 Å². The number of hydrogen-bond acceptors (Lipinski definition) is 7. The minimum atomic E-state index is -3.44. The van der Waals surface area contributed by atoms with Crippen molar-refractivity contribution >= 4 is 16.0 Å². The molecule has 0 amide bonds. The Morgan fingerprint density at radius 1 is 1.06 bits per heavy atom. The molecule has 0 atom stereocenters. The lowest BCUT2D eigenvalue weighted by molar-refractivity contribution is -0.145. The summed E-state index contributed by atoms with van der Waals surface area (Å²) in [6.07, 6.45) is 5.05. The van der Waals surface area contributed by atoms with E-state index in [4.69, 9.17) is 13.7 Å². The van der Waals surface area contributed by atoms with Crippen molar-refractivity contribution in [2.45, 2.75) is 43.6 Å². The quantitative estimate of drug-likeness (QED) is 0.487. The van der Waals surface area contributed by atoms with Crippen LogP contribution in [-0.4, -0.2) is 36.9 Å². The summed E-state index contributed by atoms with van der Waals surface area (Å²) in [5.74, 6) is 0.652. The molecule has 1 aliphatic heterocycles. The predicted octanol–water partition coefficient (Wildman–Crippen LogP) is 3.79. The zero-order valence-corrected chi connectivity index (χ0v) is 17.8. The molecule has 2 aromatic heterocycles. The van der Waals surface area contributed by atoms with Crippen molar-refractivity contribution in [3.05, 3.63) is 60.0 Å². The third-order valence-corrected chi connectivity index (χ3v) is 7.11. The summed E-state index contributed by atoms with van der Waals surface area (Å²) in [4.78, 5) is 12.3. The Hall–Kier alpha value is -2.91.